The number of ketones is 1. The predicted molar refractivity (Wildman–Crippen MR) is 79.0 cm³/mol. The topological polar surface area (TPSA) is 34.1 Å². The molecule has 0 spiro atoms. The van der Waals surface area contributed by atoms with Crippen molar-refractivity contribution in [3.05, 3.63) is 34.3 Å². The van der Waals surface area contributed by atoms with Crippen LogP contribution in [0.2, 0.25) is 0 Å². The Balaban J connectivity index is 2.00. The molecule has 3 heteroatoms. The molecule has 0 heterocycles. The number of rotatable bonds is 5. The Labute approximate surface area is 122 Å². The number of aldehydes is 1. The van der Waals surface area contributed by atoms with Crippen molar-refractivity contribution in [2.75, 3.05) is 0 Å². The van der Waals surface area contributed by atoms with Gasteiger partial charge in [-0.1, -0.05) is 47.3 Å². The molecule has 1 aliphatic carbocycles. The van der Waals surface area contributed by atoms with Gasteiger partial charge in [0, 0.05) is 10.4 Å². The molecular weight excluding hydrogens is 304 g/mol. The predicted octanol–water partition coefficient (Wildman–Crippen LogP) is 3.96. The van der Waals surface area contributed by atoms with Crippen LogP contribution < -0.4 is 0 Å². The Morgan fingerprint density at radius 3 is 2.42 bits per heavy atom. The van der Waals surface area contributed by atoms with Gasteiger partial charge >= 0.3 is 0 Å². The highest BCUT2D eigenvalue weighted by Gasteiger charge is 2.27. The highest BCUT2D eigenvalue weighted by atomic mass is 79.9. The summed E-state index contributed by atoms with van der Waals surface area (Å²) < 4.78 is 1.01. The summed E-state index contributed by atoms with van der Waals surface area (Å²) in [6, 6.07) is 7.83. The van der Waals surface area contributed by atoms with Crippen molar-refractivity contribution in [3.63, 3.8) is 0 Å². The largest absolute Gasteiger partial charge is 0.303 e. The van der Waals surface area contributed by atoms with Gasteiger partial charge in [-0.05, 0) is 37.0 Å². The second-order valence-electron chi connectivity index (χ2n) is 5.31. The molecule has 1 unspecified atom stereocenters. The lowest BCUT2D eigenvalue weighted by Crippen LogP contribution is -2.28. The standard InChI is InChI=1S/C16H19BrO2/c17-15-8-6-12(7-9-15)10-14(11-18)16(19)13-4-2-1-3-5-13/h6-9,11,13-14H,1-5,10H2. The minimum atomic E-state index is -0.468. The molecule has 2 nitrogen and oxygen atoms in total. The monoisotopic (exact) mass is 322 g/mol. The lowest BCUT2D eigenvalue weighted by molar-refractivity contribution is -0.131. The summed E-state index contributed by atoms with van der Waals surface area (Å²) in [4.78, 5) is 23.6. The van der Waals surface area contributed by atoms with Gasteiger partial charge in [0.05, 0.1) is 5.92 Å². The van der Waals surface area contributed by atoms with Gasteiger partial charge < -0.3 is 4.79 Å². The van der Waals surface area contributed by atoms with Gasteiger partial charge in [0.15, 0.2) is 0 Å². The molecule has 0 N–H and O–H groups in total. The van der Waals surface area contributed by atoms with E-state index in [0.29, 0.717) is 6.42 Å². The third-order valence-electron chi connectivity index (χ3n) is 3.91. The summed E-state index contributed by atoms with van der Waals surface area (Å²) in [7, 11) is 0. The zero-order valence-electron chi connectivity index (χ0n) is 11.0. The van der Waals surface area contributed by atoms with Crippen molar-refractivity contribution in [2.45, 2.75) is 38.5 Å². The minimum Gasteiger partial charge on any atom is -0.303 e. The van der Waals surface area contributed by atoms with E-state index in [4.69, 9.17) is 0 Å². The Morgan fingerprint density at radius 1 is 1.21 bits per heavy atom. The van der Waals surface area contributed by atoms with E-state index in [1.807, 2.05) is 24.3 Å². The SMILES string of the molecule is O=CC(Cc1ccc(Br)cc1)C(=O)C1CCCCC1. The molecular formula is C16H19BrO2. The highest BCUT2D eigenvalue weighted by Crippen LogP contribution is 2.27. The van der Waals surface area contributed by atoms with Crippen molar-refractivity contribution in [1.82, 2.24) is 0 Å². The molecule has 0 saturated heterocycles. The lowest BCUT2D eigenvalue weighted by Gasteiger charge is -2.22. The van der Waals surface area contributed by atoms with Crippen molar-refractivity contribution in [2.24, 2.45) is 11.8 Å². The van der Waals surface area contributed by atoms with Crippen molar-refractivity contribution in [1.29, 1.82) is 0 Å². The second kappa shape index (κ2) is 6.99. The fourth-order valence-corrected chi connectivity index (χ4v) is 3.04. The average molecular weight is 323 g/mol. The first kappa shape index (κ1) is 14.4. The summed E-state index contributed by atoms with van der Waals surface area (Å²) in [5.41, 5.74) is 1.05. The van der Waals surface area contributed by atoms with Gasteiger partial charge in [0.2, 0.25) is 0 Å². The number of carbonyl (C=O) groups excluding carboxylic acids is 2. The first-order valence-electron chi connectivity index (χ1n) is 6.94. The molecule has 0 bridgehead atoms. The van der Waals surface area contributed by atoms with E-state index in [-0.39, 0.29) is 11.7 Å². The molecule has 0 aliphatic heterocycles. The first-order chi connectivity index (χ1) is 9.20. The van der Waals surface area contributed by atoms with Crippen LogP contribution in [-0.4, -0.2) is 12.1 Å². The summed E-state index contributed by atoms with van der Waals surface area (Å²) >= 11 is 3.38. The second-order valence-corrected chi connectivity index (χ2v) is 6.23. The Hall–Kier alpha value is -0.960. The zero-order chi connectivity index (χ0) is 13.7. The number of benzene rings is 1. The molecule has 0 radical (unpaired) electrons. The fourth-order valence-electron chi connectivity index (χ4n) is 2.78. The molecule has 1 aromatic rings. The number of hydrogen-bond acceptors (Lipinski definition) is 2. The third kappa shape index (κ3) is 4.00. The van der Waals surface area contributed by atoms with Crippen LogP contribution in [0.3, 0.4) is 0 Å². The van der Waals surface area contributed by atoms with Gasteiger partial charge in [0.25, 0.3) is 0 Å². The van der Waals surface area contributed by atoms with Gasteiger partial charge in [-0.25, -0.2) is 0 Å². The smallest absolute Gasteiger partial charge is 0.146 e. The van der Waals surface area contributed by atoms with E-state index in [1.54, 1.807) is 0 Å². The summed E-state index contributed by atoms with van der Waals surface area (Å²) in [6.07, 6.45) is 6.76. The molecule has 0 aromatic heterocycles. The maximum atomic E-state index is 12.4. The maximum absolute atomic E-state index is 12.4. The lowest BCUT2D eigenvalue weighted by atomic mass is 9.80. The van der Waals surface area contributed by atoms with Gasteiger partial charge in [-0.3, -0.25) is 4.79 Å². The Kier molecular flexibility index (Phi) is 5.32. The molecule has 102 valence electrons. The van der Waals surface area contributed by atoms with Crippen molar-refractivity contribution < 1.29 is 9.59 Å². The Bertz CT molecular complexity index is 433. The molecule has 19 heavy (non-hydrogen) atoms. The molecule has 1 saturated carbocycles. The molecule has 0 amide bonds. The Morgan fingerprint density at radius 2 is 1.84 bits per heavy atom. The van der Waals surface area contributed by atoms with E-state index in [0.717, 1.165) is 42.0 Å². The van der Waals surface area contributed by atoms with Gasteiger partial charge in [0.1, 0.15) is 12.1 Å². The van der Waals surface area contributed by atoms with Crippen LogP contribution in [0, 0.1) is 11.8 Å². The van der Waals surface area contributed by atoms with E-state index >= 15 is 0 Å². The van der Waals surface area contributed by atoms with Crippen molar-refractivity contribution >= 4 is 28.0 Å². The van der Waals surface area contributed by atoms with Crippen LogP contribution in [0.5, 0.6) is 0 Å². The normalized spacial score (nSPS) is 17.9. The average Bonchev–Trinajstić information content (AvgIpc) is 2.47. The van der Waals surface area contributed by atoms with Gasteiger partial charge in [-0.2, -0.15) is 0 Å². The first-order valence-corrected chi connectivity index (χ1v) is 7.73. The maximum Gasteiger partial charge on any atom is 0.146 e. The van der Waals surface area contributed by atoms with E-state index < -0.39 is 5.92 Å². The van der Waals surface area contributed by atoms with Crippen LogP contribution in [0.25, 0.3) is 0 Å². The number of hydrogen-bond donors (Lipinski definition) is 0. The fraction of sp³-hybridized carbons (Fsp3) is 0.500. The number of Topliss-reactive ketones (excluding diaryl/α,β-unsaturated/α-hetero) is 1. The van der Waals surface area contributed by atoms with Crippen molar-refractivity contribution in [3.8, 4) is 0 Å². The molecule has 1 aromatic carbocycles. The van der Waals surface area contributed by atoms with Crippen LogP contribution in [-0.2, 0) is 16.0 Å². The molecule has 2 rings (SSSR count). The quantitative estimate of drug-likeness (QED) is 0.607. The van der Waals surface area contributed by atoms with E-state index in [9.17, 15) is 9.59 Å². The summed E-state index contributed by atoms with van der Waals surface area (Å²) in [5, 5.41) is 0. The third-order valence-corrected chi connectivity index (χ3v) is 4.43. The van der Waals surface area contributed by atoms with Crippen LogP contribution in [0.15, 0.2) is 28.7 Å². The van der Waals surface area contributed by atoms with Crippen LogP contribution in [0.1, 0.15) is 37.7 Å². The minimum absolute atomic E-state index is 0.111. The number of halogens is 1. The van der Waals surface area contributed by atoms with Gasteiger partial charge in [-0.15, -0.1) is 0 Å². The van der Waals surface area contributed by atoms with E-state index in [1.165, 1.54) is 6.42 Å². The highest BCUT2D eigenvalue weighted by molar-refractivity contribution is 9.10. The summed E-state index contributed by atoms with van der Waals surface area (Å²) in [6.45, 7) is 0. The number of carbonyl (C=O) groups is 2. The zero-order valence-corrected chi connectivity index (χ0v) is 12.6. The molecule has 1 aliphatic rings. The van der Waals surface area contributed by atoms with E-state index in [2.05, 4.69) is 15.9 Å². The van der Waals surface area contributed by atoms with Crippen LogP contribution in [0.4, 0.5) is 0 Å². The summed E-state index contributed by atoms with van der Waals surface area (Å²) in [5.74, 6) is -0.207. The van der Waals surface area contributed by atoms with Crippen LogP contribution >= 0.6 is 15.9 Å². The molecule has 1 atom stereocenters. The molecule has 1 fully saturated rings.